The van der Waals surface area contributed by atoms with Gasteiger partial charge in [-0.1, -0.05) is 74.8 Å². The van der Waals surface area contributed by atoms with E-state index in [0.717, 1.165) is 9.87 Å². The number of benzene rings is 3. The van der Waals surface area contributed by atoms with Gasteiger partial charge in [0.2, 0.25) is 5.91 Å². The second-order valence-corrected chi connectivity index (χ2v) is 11.6. The highest BCUT2D eigenvalue weighted by Crippen LogP contribution is 2.35. The highest BCUT2D eigenvalue weighted by Gasteiger charge is 2.30. The van der Waals surface area contributed by atoms with Gasteiger partial charge in [-0.15, -0.1) is 0 Å². The summed E-state index contributed by atoms with van der Waals surface area (Å²) < 4.78 is 33.6. The van der Waals surface area contributed by atoms with E-state index in [1.165, 1.54) is 30.9 Å². The van der Waals surface area contributed by atoms with E-state index in [4.69, 9.17) is 16.3 Å². The quantitative estimate of drug-likeness (QED) is 0.417. The van der Waals surface area contributed by atoms with Crippen LogP contribution in [0.25, 0.3) is 0 Å². The van der Waals surface area contributed by atoms with Gasteiger partial charge < -0.3 is 10.1 Å². The van der Waals surface area contributed by atoms with Gasteiger partial charge >= 0.3 is 0 Å². The van der Waals surface area contributed by atoms with Crippen molar-refractivity contribution in [1.82, 2.24) is 5.32 Å². The molecular weight excluding hydrogens is 484 g/mol. The van der Waals surface area contributed by atoms with E-state index in [0.29, 0.717) is 5.02 Å². The van der Waals surface area contributed by atoms with Crippen LogP contribution in [0.4, 0.5) is 5.69 Å². The van der Waals surface area contributed by atoms with E-state index in [9.17, 15) is 13.2 Å². The van der Waals surface area contributed by atoms with Crippen molar-refractivity contribution in [1.29, 1.82) is 0 Å². The lowest BCUT2D eigenvalue weighted by molar-refractivity contribution is -0.120. The van der Waals surface area contributed by atoms with Crippen LogP contribution in [0.15, 0.2) is 77.7 Å². The van der Waals surface area contributed by atoms with Crippen molar-refractivity contribution in [2.45, 2.75) is 44.0 Å². The fraction of sp³-hybridized carbons (Fsp3) is 0.296. The average Bonchev–Trinajstić information content (AvgIpc) is 2.82. The van der Waals surface area contributed by atoms with Gasteiger partial charge in [-0.3, -0.25) is 9.10 Å². The van der Waals surface area contributed by atoms with Crippen LogP contribution >= 0.6 is 11.6 Å². The maximum atomic E-state index is 13.6. The predicted molar refractivity (Wildman–Crippen MR) is 141 cm³/mol. The third-order valence-corrected chi connectivity index (χ3v) is 7.69. The molecule has 0 aliphatic carbocycles. The number of carbonyl (C=O) groups excluding carboxylic acids is 1. The van der Waals surface area contributed by atoms with Crippen molar-refractivity contribution >= 4 is 33.2 Å². The van der Waals surface area contributed by atoms with Gasteiger partial charge in [-0.25, -0.2) is 8.42 Å². The molecule has 1 amide bonds. The molecule has 1 atom stereocenters. The maximum Gasteiger partial charge on any atom is 0.264 e. The molecule has 6 nitrogen and oxygen atoms in total. The molecule has 1 unspecified atom stereocenters. The van der Waals surface area contributed by atoms with Crippen LogP contribution in [-0.4, -0.2) is 28.0 Å². The smallest absolute Gasteiger partial charge is 0.264 e. The molecule has 35 heavy (non-hydrogen) atoms. The highest BCUT2D eigenvalue weighted by atomic mass is 35.5. The second-order valence-electron chi connectivity index (χ2n) is 9.30. The van der Waals surface area contributed by atoms with Gasteiger partial charge in [0.25, 0.3) is 10.0 Å². The van der Waals surface area contributed by atoms with Crippen LogP contribution in [0.2, 0.25) is 5.02 Å². The van der Waals surface area contributed by atoms with Crippen LogP contribution in [-0.2, 0) is 20.2 Å². The number of carbonyl (C=O) groups is 1. The standard InChI is InChI=1S/C27H31ClN2O4S/c1-19(20-11-13-21(14-12-20)27(2,3)4)29-26(31)18-30(24-17-22(28)15-16-25(24)34-5)35(32,33)23-9-7-6-8-10-23/h6-17,19H,18H2,1-5H3,(H,29,31). The Morgan fingerprint density at radius 3 is 2.23 bits per heavy atom. The Hall–Kier alpha value is -3.03. The number of hydrogen-bond donors (Lipinski definition) is 1. The summed E-state index contributed by atoms with van der Waals surface area (Å²) in [6.45, 7) is 7.83. The van der Waals surface area contributed by atoms with Gasteiger partial charge in [0, 0.05) is 5.02 Å². The van der Waals surface area contributed by atoms with Crippen LogP contribution in [0, 0.1) is 0 Å². The average molecular weight is 515 g/mol. The first-order valence-electron chi connectivity index (χ1n) is 11.2. The number of amides is 1. The highest BCUT2D eigenvalue weighted by molar-refractivity contribution is 7.92. The first-order valence-corrected chi connectivity index (χ1v) is 13.1. The van der Waals surface area contributed by atoms with Crippen LogP contribution in [0.5, 0.6) is 5.75 Å². The fourth-order valence-corrected chi connectivity index (χ4v) is 5.26. The number of hydrogen-bond acceptors (Lipinski definition) is 4. The van der Waals surface area contributed by atoms with Gasteiger partial charge in [0.15, 0.2) is 0 Å². The molecule has 186 valence electrons. The molecule has 3 aromatic rings. The number of sulfonamides is 1. The molecule has 0 radical (unpaired) electrons. The molecule has 0 heterocycles. The molecule has 0 aromatic heterocycles. The third-order valence-electron chi connectivity index (χ3n) is 5.68. The van der Waals surface area contributed by atoms with Crippen molar-refractivity contribution < 1.29 is 17.9 Å². The maximum absolute atomic E-state index is 13.6. The van der Waals surface area contributed by atoms with Gasteiger partial charge in [0.05, 0.1) is 23.7 Å². The monoisotopic (exact) mass is 514 g/mol. The summed E-state index contributed by atoms with van der Waals surface area (Å²) in [6, 6.07) is 20.3. The van der Waals surface area contributed by atoms with Gasteiger partial charge in [0.1, 0.15) is 12.3 Å². The van der Waals surface area contributed by atoms with E-state index >= 15 is 0 Å². The summed E-state index contributed by atoms with van der Waals surface area (Å²) in [7, 11) is -2.65. The Balaban J connectivity index is 1.91. The Labute approximate surface area is 212 Å². The normalized spacial score (nSPS) is 12.6. The van der Waals surface area contributed by atoms with Gasteiger partial charge in [-0.2, -0.15) is 0 Å². The van der Waals surface area contributed by atoms with E-state index in [2.05, 4.69) is 26.1 Å². The summed E-state index contributed by atoms with van der Waals surface area (Å²) in [6.07, 6.45) is 0. The van der Waals surface area contributed by atoms with Crippen LogP contribution in [0.3, 0.4) is 0 Å². The largest absolute Gasteiger partial charge is 0.495 e. The minimum Gasteiger partial charge on any atom is -0.495 e. The number of nitrogens with one attached hydrogen (secondary N) is 1. The lowest BCUT2D eigenvalue weighted by Crippen LogP contribution is -2.41. The summed E-state index contributed by atoms with van der Waals surface area (Å²) in [5, 5.41) is 3.23. The number of rotatable bonds is 8. The lowest BCUT2D eigenvalue weighted by Gasteiger charge is -2.26. The Bertz CT molecular complexity index is 1270. The van der Waals surface area contributed by atoms with E-state index in [-0.39, 0.29) is 27.8 Å². The zero-order valence-corrected chi connectivity index (χ0v) is 22.2. The van der Waals surface area contributed by atoms with Crippen molar-refractivity contribution in [2.24, 2.45) is 0 Å². The molecule has 0 spiro atoms. The minimum absolute atomic E-state index is 0.0212. The predicted octanol–water partition coefficient (Wildman–Crippen LogP) is 5.72. The van der Waals surface area contributed by atoms with E-state index in [1.807, 2.05) is 31.2 Å². The third kappa shape index (κ3) is 6.35. The number of anilines is 1. The summed E-state index contributed by atoms with van der Waals surface area (Å²) in [5.41, 5.74) is 2.31. The number of halogens is 1. The van der Waals surface area contributed by atoms with Crippen molar-refractivity contribution in [2.75, 3.05) is 18.0 Å². The van der Waals surface area contributed by atoms with Crippen molar-refractivity contribution in [3.63, 3.8) is 0 Å². The summed E-state index contributed by atoms with van der Waals surface area (Å²) in [4.78, 5) is 13.2. The summed E-state index contributed by atoms with van der Waals surface area (Å²) >= 11 is 6.18. The molecule has 0 saturated heterocycles. The molecule has 3 aromatic carbocycles. The summed E-state index contributed by atoms with van der Waals surface area (Å²) in [5.74, 6) is -0.175. The molecule has 0 saturated carbocycles. The van der Waals surface area contributed by atoms with Crippen molar-refractivity contribution in [3.05, 3.63) is 88.9 Å². The zero-order valence-electron chi connectivity index (χ0n) is 20.6. The van der Waals surface area contributed by atoms with Gasteiger partial charge in [-0.05, 0) is 53.8 Å². The zero-order chi connectivity index (χ0) is 25.8. The molecule has 0 bridgehead atoms. The Kier molecular flexibility index (Phi) is 8.13. The first-order chi connectivity index (χ1) is 16.4. The molecule has 0 aliphatic rings. The Morgan fingerprint density at radius 2 is 1.66 bits per heavy atom. The van der Waals surface area contributed by atoms with Crippen LogP contribution in [0.1, 0.15) is 44.9 Å². The second kappa shape index (κ2) is 10.7. The van der Waals surface area contributed by atoms with Crippen LogP contribution < -0.4 is 14.4 Å². The molecule has 0 aliphatic heterocycles. The lowest BCUT2D eigenvalue weighted by atomic mass is 9.86. The molecular formula is C27H31ClN2O4S. The minimum atomic E-state index is -4.09. The number of nitrogens with zero attached hydrogens (tertiary/aromatic N) is 1. The molecule has 0 fully saturated rings. The van der Waals surface area contributed by atoms with Crippen molar-refractivity contribution in [3.8, 4) is 5.75 Å². The topological polar surface area (TPSA) is 75.7 Å². The Morgan fingerprint density at radius 1 is 1.03 bits per heavy atom. The first kappa shape index (κ1) is 26.6. The number of ether oxygens (including phenoxy) is 1. The molecule has 8 heteroatoms. The van der Waals surface area contributed by atoms with E-state index in [1.54, 1.807) is 30.3 Å². The molecule has 1 N–H and O–H groups in total. The fourth-order valence-electron chi connectivity index (χ4n) is 3.65. The SMILES string of the molecule is COc1ccc(Cl)cc1N(CC(=O)NC(C)c1ccc(C(C)(C)C)cc1)S(=O)(=O)c1ccccc1. The van der Waals surface area contributed by atoms with E-state index < -0.39 is 22.5 Å². The molecule has 3 rings (SSSR count). The number of methoxy groups -OCH3 is 1.